The molecular formula is C14H19ClN4O3. The van der Waals surface area contributed by atoms with Gasteiger partial charge >= 0.3 is 0 Å². The molecule has 0 saturated heterocycles. The third kappa shape index (κ3) is 6.11. The number of hydrogen-bond acceptors (Lipinski definition) is 5. The topological polar surface area (TPSA) is 103 Å². The van der Waals surface area contributed by atoms with E-state index in [1.54, 1.807) is 6.07 Å². The second-order valence-electron chi connectivity index (χ2n) is 4.78. The number of hydrogen-bond donors (Lipinski definition) is 4. The zero-order chi connectivity index (χ0) is 16.5. The first kappa shape index (κ1) is 17.9. The van der Waals surface area contributed by atoms with Crippen LogP contribution in [0.15, 0.2) is 18.3 Å². The molecule has 1 rings (SSSR count). The van der Waals surface area contributed by atoms with Crippen molar-refractivity contribution in [3.63, 3.8) is 0 Å². The monoisotopic (exact) mass is 326 g/mol. The molecule has 0 aliphatic heterocycles. The molecular weight excluding hydrogens is 308 g/mol. The number of carbonyl (C=O) groups is 2. The molecule has 120 valence electrons. The van der Waals surface area contributed by atoms with Crippen LogP contribution in [0.25, 0.3) is 6.08 Å². The Balaban J connectivity index is 2.51. The highest BCUT2D eigenvalue weighted by molar-refractivity contribution is 6.33. The Morgan fingerprint density at radius 1 is 1.41 bits per heavy atom. The van der Waals surface area contributed by atoms with E-state index in [1.165, 1.54) is 17.8 Å². The van der Waals surface area contributed by atoms with E-state index in [9.17, 15) is 9.59 Å². The van der Waals surface area contributed by atoms with Crippen LogP contribution in [0.4, 0.5) is 5.82 Å². The minimum Gasteiger partial charge on any atom is -0.367 e. The first-order chi connectivity index (χ1) is 10.4. The number of hydroxylamine groups is 1. The zero-order valence-corrected chi connectivity index (χ0v) is 13.1. The van der Waals surface area contributed by atoms with Crippen LogP contribution in [0.5, 0.6) is 0 Å². The first-order valence-corrected chi connectivity index (χ1v) is 7.11. The maximum absolute atomic E-state index is 11.4. The van der Waals surface area contributed by atoms with Crippen LogP contribution in [0.2, 0.25) is 5.02 Å². The highest BCUT2D eigenvalue weighted by Crippen LogP contribution is 2.20. The minimum absolute atomic E-state index is 0.0106. The SMILES string of the molecule is CC(C)C(=O)NCCNc1ncc(C=CC(=O)NO)cc1Cl. The molecule has 0 unspecified atom stereocenters. The molecule has 7 nitrogen and oxygen atoms in total. The number of rotatable bonds is 7. The van der Waals surface area contributed by atoms with Crippen molar-refractivity contribution < 1.29 is 14.8 Å². The van der Waals surface area contributed by atoms with Crippen molar-refractivity contribution >= 4 is 35.3 Å². The predicted octanol–water partition coefficient (Wildman–Crippen LogP) is 1.44. The van der Waals surface area contributed by atoms with Gasteiger partial charge in [0, 0.05) is 31.3 Å². The van der Waals surface area contributed by atoms with Gasteiger partial charge in [-0.3, -0.25) is 14.8 Å². The molecule has 0 bridgehead atoms. The summed E-state index contributed by atoms with van der Waals surface area (Å²) in [5.41, 5.74) is 2.10. The van der Waals surface area contributed by atoms with Gasteiger partial charge < -0.3 is 10.6 Å². The van der Waals surface area contributed by atoms with Gasteiger partial charge in [0.2, 0.25) is 5.91 Å². The lowest BCUT2D eigenvalue weighted by Crippen LogP contribution is -2.32. The standard InChI is InChI=1S/C14H19ClN4O3/c1-9(2)14(21)17-6-5-16-13-11(15)7-10(8-18-13)3-4-12(20)19-22/h3-4,7-9,22H,5-6H2,1-2H3,(H,16,18)(H,17,21)(H,19,20). The number of nitrogens with zero attached hydrogens (tertiary/aromatic N) is 1. The molecule has 1 heterocycles. The Hall–Kier alpha value is -2.12. The Morgan fingerprint density at radius 3 is 2.73 bits per heavy atom. The molecule has 0 spiro atoms. The van der Waals surface area contributed by atoms with E-state index in [-0.39, 0.29) is 11.8 Å². The van der Waals surface area contributed by atoms with Gasteiger partial charge in [-0.1, -0.05) is 25.4 Å². The maximum Gasteiger partial charge on any atom is 0.267 e. The van der Waals surface area contributed by atoms with Gasteiger partial charge in [0.1, 0.15) is 5.82 Å². The predicted molar refractivity (Wildman–Crippen MR) is 84.5 cm³/mol. The molecule has 1 aromatic rings. The van der Waals surface area contributed by atoms with Crippen molar-refractivity contribution in [3.8, 4) is 0 Å². The molecule has 2 amide bonds. The lowest BCUT2D eigenvalue weighted by molar-refractivity contribution is -0.124. The van der Waals surface area contributed by atoms with Gasteiger partial charge in [0.05, 0.1) is 5.02 Å². The van der Waals surface area contributed by atoms with Gasteiger partial charge in [-0.05, 0) is 17.7 Å². The van der Waals surface area contributed by atoms with Crippen molar-refractivity contribution in [2.45, 2.75) is 13.8 Å². The van der Waals surface area contributed by atoms with Gasteiger partial charge in [0.25, 0.3) is 5.91 Å². The van der Waals surface area contributed by atoms with E-state index in [0.717, 1.165) is 6.08 Å². The van der Waals surface area contributed by atoms with Crippen LogP contribution in [0.1, 0.15) is 19.4 Å². The van der Waals surface area contributed by atoms with E-state index in [0.29, 0.717) is 29.5 Å². The average molecular weight is 327 g/mol. The highest BCUT2D eigenvalue weighted by atomic mass is 35.5. The summed E-state index contributed by atoms with van der Waals surface area (Å²) < 4.78 is 0. The summed E-state index contributed by atoms with van der Waals surface area (Å²) >= 11 is 6.07. The third-order valence-electron chi connectivity index (χ3n) is 2.64. The molecule has 1 aromatic heterocycles. The van der Waals surface area contributed by atoms with Crippen molar-refractivity contribution in [1.29, 1.82) is 0 Å². The van der Waals surface area contributed by atoms with Crippen molar-refractivity contribution in [1.82, 2.24) is 15.8 Å². The van der Waals surface area contributed by atoms with E-state index in [1.807, 2.05) is 13.8 Å². The molecule has 0 aliphatic carbocycles. The molecule has 0 aromatic carbocycles. The van der Waals surface area contributed by atoms with Crippen molar-refractivity contribution in [3.05, 3.63) is 28.9 Å². The first-order valence-electron chi connectivity index (χ1n) is 6.73. The fourth-order valence-corrected chi connectivity index (χ4v) is 1.70. The molecule has 4 N–H and O–H groups in total. The Morgan fingerprint density at radius 2 is 2.14 bits per heavy atom. The summed E-state index contributed by atoms with van der Waals surface area (Å²) in [5, 5.41) is 14.5. The lowest BCUT2D eigenvalue weighted by Gasteiger charge is -2.10. The zero-order valence-electron chi connectivity index (χ0n) is 12.4. The largest absolute Gasteiger partial charge is 0.367 e. The fraction of sp³-hybridized carbons (Fsp3) is 0.357. The number of amides is 2. The van der Waals surface area contributed by atoms with Gasteiger partial charge in [-0.25, -0.2) is 10.5 Å². The molecule has 0 atom stereocenters. The van der Waals surface area contributed by atoms with E-state index in [2.05, 4.69) is 15.6 Å². The fourth-order valence-electron chi connectivity index (χ4n) is 1.45. The second kappa shape index (κ2) is 9.01. The van der Waals surface area contributed by atoms with Crippen LogP contribution >= 0.6 is 11.6 Å². The number of aromatic nitrogens is 1. The summed E-state index contributed by atoms with van der Waals surface area (Å²) in [6.07, 6.45) is 4.15. The third-order valence-corrected chi connectivity index (χ3v) is 2.93. The number of carbonyl (C=O) groups excluding carboxylic acids is 2. The van der Waals surface area contributed by atoms with Crippen molar-refractivity contribution in [2.24, 2.45) is 5.92 Å². The summed E-state index contributed by atoms with van der Waals surface area (Å²) in [6, 6.07) is 1.63. The van der Waals surface area contributed by atoms with Crippen LogP contribution < -0.4 is 16.1 Å². The van der Waals surface area contributed by atoms with Gasteiger partial charge in [0.15, 0.2) is 0 Å². The number of anilines is 1. The van der Waals surface area contributed by atoms with Crippen LogP contribution in [-0.2, 0) is 9.59 Å². The molecule has 0 saturated carbocycles. The summed E-state index contributed by atoms with van der Waals surface area (Å²) in [7, 11) is 0. The summed E-state index contributed by atoms with van der Waals surface area (Å²) in [4.78, 5) is 26.4. The average Bonchev–Trinajstić information content (AvgIpc) is 2.50. The van der Waals surface area contributed by atoms with Crippen LogP contribution in [0, 0.1) is 5.92 Å². The van der Waals surface area contributed by atoms with E-state index >= 15 is 0 Å². The molecule has 0 aliphatic rings. The van der Waals surface area contributed by atoms with E-state index in [4.69, 9.17) is 16.8 Å². The number of pyridine rings is 1. The van der Waals surface area contributed by atoms with Crippen LogP contribution in [-0.4, -0.2) is 35.1 Å². The van der Waals surface area contributed by atoms with E-state index < -0.39 is 5.91 Å². The lowest BCUT2D eigenvalue weighted by atomic mass is 10.2. The molecule has 22 heavy (non-hydrogen) atoms. The Kier molecular flexibility index (Phi) is 7.34. The molecule has 0 radical (unpaired) electrons. The minimum atomic E-state index is -0.640. The van der Waals surface area contributed by atoms with Gasteiger partial charge in [-0.2, -0.15) is 0 Å². The number of halogens is 1. The second-order valence-corrected chi connectivity index (χ2v) is 5.19. The summed E-state index contributed by atoms with van der Waals surface area (Å²) in [5.74, 6) is -0.212. The highest BCUT2D eigenvalue weighted by Gasteiger charge is 2.06. The molecule has 8 heteroatoms. The smallest absolute Gasteiger partial charge is 0.267 e. The van der Waals surface area contributed by atoms with Crippen LogP contribution in [0.3, 0.4) is 0 Å². The molecule has 0 fully saturated rings. The Bertz CT molecular complexity index is 561. The normalized spacial score (nSPS) is 10.8. The summed E-state index contributed by atoms with van der Waals surface area (Å²) in [6.45, 7) is 4.61. The quantitative estimate of drug-likeness (QED) is 0.263. The maximum atomic E-state index is 11.4. The van der Waals surface area contributed by atoms with Gasteiger partial charge in [-0.15, -0.1) is 0 Å². The van der Waals surface area contributed by atoms with Crippen molar-refractivity contribution in [2.75, 3.05) is 18.4 Å². The Labute approximate surface area is 133 Å². The number of nitrogens with one attached hydrogen (secondary N) is 3.